The first kappa shape index (κ1) is 14.4. The van der Waals surface area contributed by atoms with Gasteiger partial charge in [-0.05, 0) is 42.8 Å². The van der Waals surface area contributed by atoms with E-state index in [4.69, 9.17) is 4.74 Å². The summed E-state index contributed by atoms with van der Waals surface area (Å²) in [6.07, 6.45) is -1.73. The zero-order valence-electron chi connectivity index (χ0n) is 12.0. The second-order valence-electron chi connectivity index (χ2n) is 4.99. The van der Waals surface area contributed by atoms with Gasteiger partial charge in [0.25, 0.3) is 0 Å². The van der Waals surface area contributed by atoms with Crippen LogP contribution >= 0.6 is 0 Å². The summed E-state index contributed by atoms with van der Waals surface area (Å²) >= 11 is 0. The van der Waals surface area contributed by atoms with Crippen molar-refractivity contribution in [2.24, 2.45) is 0 Å². The Morgan fingerprint density at radius 3 is 2.50 bits per heavy atom. The predicted octanol–water partition coefficient (Wildman–Crippen LogP) is 4.34. The van der Waals surface area contributed by atoms with E-state index in [2.05, 4.69) is 4.98 Å². The van der Waals surface area contributed by atoms with Crippen LogP contribution in [0.1, 0.15) is 11.1 Å². The van der Waals surface area contributed by atoms with Crippen LogP contribution in [0.25, 0.3) is 16.9 Å². The van der Waals surface area contributed by atoms with Gasteiger partial charge in [0.1, 0.15) is 11.4 Å². The van der Waals surface area contributed by atoms with E-state index in [1.165, 1.54) is 10.5 Å². The highest BCUT2D eigenvalue weighted by Crippen LogP contribution is 2.30. The van der Waals surface area contributed by atoms with Crippen LogP contribution in [-0.2, 0) is 6.18 Å². The number of halogens is 3. The summed E-state index contributed by atoms with van der Waals surface area (Å²) in [7, 11) is 1.59. The molecule has 0 saturated carbocycles. The van der Waals surface area contributed by atoms with Gasteiger partial charge in [0, 0.05) is 18.0 Å². The molecule has 0 atom stereocenters. The molecule has 3 rings (SSSR count). The average molecular weight is 306 g/mol. The summed E-state index contributed by atoms with van der Waals surface area (Å²) in [6.45, 7) is 1.90. The molecular formula is C16H13F3N2O. The van der Waals surface area contributed by atoms with Gasteiger partial charge in [-0.1, -0.05) is 0 Å². The molecule has 3 nitrogen and oxygen atoms in total. The molecular weight excluding hydrogens is 293 g/mol. The van der Waals surface area contributed by atoms with Crippen molar-refractivity contribution in [3.8, 4) is 17.0 Å². The molecule has 0 bridgehead atoms. The first-order valence-corrected chi connectivity index (χ1v) is 6.59. The molecule has 114 valence electrons. The van der Waals surface area contributed by atoms with Crippen LogP contribution in [-0.4, -0.2) is 16.5 Å². The Bertz CT molecular complexity index is 837. The molecule has 0 radical (unpaired) electrons. The third-order valence-electron chi connectivity index (χ3n) is 3.47. The van der Waals surface area contributed by atoms with Crippen molar-refractivity contribution in [1.29, 1.82) is 0 Å². The van der Waals surface area contributed by atoms with E-state index in [1.807, 2.05) is 25.1 Å². The van der Waals surface area contributed by atoms with E-state index in [-0.39, 0.29) is 0 Å². The minimum Gasteiger partial charge on any atom is -0.496 e. The summed E-state index contributed by atoms with van der Waals surface area (Å²) < 4.78 is 44.8. The molecule has 22 heavy (non-hydrogen) atoms. The Hall–Kier alpha value is -2.50. The van der Waals surface area contributed by atoms with Gasteiger partial charge in [-0.15, -0.1) is 0 Å². The molecule has 0 aliphatic rings. The van der Waals surface area contributed by atoms with Crippen molar-refractivity contribution in [3.05, 3.63) is 53.9 Å². The lowest BCUT2D eigenvalue weighted by Gasteiger charge is -2.06. The highest BCUT2D eigenvalue weighted by molar-refractivity contribution is 5.65. The molecule has 2 aromatic heterocycles. The lowest BCUT2D eigenvalue weighted by Crippen LogP contribution is -2.05. The third kappa shape index (κ3) is 2.52. The summed E-state index contributed by atoms with van der Waals surface area (Å²) in [6, 6.07) is 7.94. The van der Waals surface area contributed by atoms with Crippen LogP contribution in [0.2, 0.25) is 0 Å². The second kappa shape index (κ2) is 5.05. The average Bonchev–Trinajstić information content (AvgIpc) is 2.89. The number of nitrogens with zero attached hydrogens (tertiary/aromatic N) is 2. The highest BCUT2D eigenvalue weighted by atomic mass is 19.4. The van der Waals surface area contributed by atoms with Gasteiger partial charge < -0.3 is 9.14 Å². The van der Waals surface area contributed by atoms with Crippen LogP contribution in [0.5, 0.6) is 5.75 Å². The number of fused-ring (bicyclic) bond motifs is 1. The number of pyridine rings is 1. The molecule has 0 fully saturated rings. The maximum Gasteiger partial charge on any atom is 0.417 e. The Labute approximate surface area is 125 Å². The first-order valence-electron chi connectivity index (χ1n) is 6.59. The Balaban J connectivity index is 2.07. The molecule has 0 aliphatic heterocycles. The van der Waals surface area contributed by atoms with E-state index in [0.29, 0.717) is 11.3 Å². The van der Waals surface area contributed by atoms with Crippen molar-refractivity contribution < 1.29 is 17.9 Å². The number of aryl methyl sites for hydroxylation is 1. The molecule has 0 spiro atoms. The first-order chi connectivity index (χ1) is 10.4. The van der Waals surface area contributed by atoms with Gasteiger partial charge in [0.2, 0.25) is 0 Å². The second-order valence-corrected chi connectivity index (χ2v) is 4.99. The van der Waals surface area contributed by atoms with E-state index in [0.717, 1.165) is 29.1 Å². The summed E-state index contributed by atoms with van der Waals surface area (Å²) in [5.74, 6) is 0.756. The topological polar surface area (TPSA) is 26.5 Å². The summed E-state index contributed by atoms with van der Waals surface area (Å²) in [4.78, 5) is 4.36. The zero-order valence-corrected chi connectivity index (χ0v) is 12.0. The standard InChI is InChI=1S/C16H13F3N2O/c1-10-7-11(3-5-14(10)22-2)13-9-21-8-12(16(17,18)19)4-6-15(21)20-13/h3-9H,1-2H3. The SMILES string of the molecule is COc1ccc(-c2cn3cc(C(F)(F)F)ccc3n2)cc1C. The van der Waals surface area contributed by atoms with E-state index < -0.39 is 11.7 Å². The van der Waals surface area contributed by atoms with Crippen molar-refractivity contribution in [1.82, 2.24) is 9.38 Å². The number of ether oxygens (including phenoxy) is 1. The smallest absolute Gasteiger partial charge is 0.417 e. The molecule has 0 N–H and O–H groups in total. The lowest BCUT2D eigenvalue weighted by molar-refractivity contribution is -0.137. The van der Waals surface area contributed by atoms with Crippen molar-refractivity contribution in [2.45, 2.75) is 13.1 Å². The fraction of sp³-hybridized carbons (Fsp3) is 0.188. The summed E-state index contributed by atoms with van der Waals surface area (Å²) in [5, 5.41) is 0. The van der Waals surface area contributed by atoms with Gasteiger partial charge in [-0.3, -0.25) is 0 Å². The Morgan fingerprint density at radius 2 is 1.86 bits per heavy atom. The third-order valence-corrected chi connectivity index (χ3v) is 3.47. The summed E-state index contributed by atoms with van der Waals surface area (Å²) in [5.41, 5.74) is 2.15. The maximum atomic E-state index is 12.7. The van der Waals surface area contributed by atoms with Crippen LogP contribution in [0.4, 0.5) is 13.2 Å². The van der Waals surface area contributed by atoms with Crippen LogP contribution in [0, 0.1) is 6.92 Å². The quantitative estimate of drug-likeness (QED) is 0.704. The zero-order chi connectivity index (χ0) is 15.9. The van der Waals surface area contributed by atoms with Gasteiger partial charge >= 0.3 is 6.18 Å². The normalized spacial score (nSPS) is 11.9. The van der Waals surface area contributed by atoms with Gasteiger partial charge in [0.15, 0.2) is 0 Å². The lowest BCUT2D eigenvalue weighted by atomic mass is 10.1. The number of alkyl halides is 3. The molecule has 0 amide bonds. The van der Waals surface area contributed by atoms with Gasteiger partial charge in [-0.25, -0.2) is 4.98 Å². The number of rotatable bonds is 2. The van der Waals surface area contributed by atoms with Crippen molar-refractivity contribution >= 4 is 5.65 Å². The van der Waals surface area contributed by atoms with Gasteiger partial charge in [0.05, 0.1) is 18.4 Å². The van der Waals surface area contributed by atoms with Crippen molar-refractivity contribution in [2.75, 3.05) is 7.11 Å². The number of benzene rings is 1. The number of methoxy groups -OCH3 is 1. The molecule has 6 heteroatoms. The fourth-order valence-electron chi connectivity index (χ4n) is 2.34. The maximum absolute atomic E-state index is 12.7. The number of imidazole rings is 1. The molecule has 0 unspecified atom stereocenters. The van der Waals surface area contributed by atoms with E-state index >= 15 is 0 Å². The van der Waals surface area contributed by atoms with Crippen LogP contribution < -0.4 is 4.74 Å². The molecule has 3 aromatic rings. The largest absolute Gasteiger partial charge is 0.496 e. The minimum absolute atomic E-state index is 0.469. The van der Waals surface area contributed by atoms with Crippen LogP contribution in [0.3, 0.4) is 0 Å². The molecule has 2 heterocycles. The molecule has 0 aliphatic carbocycles. The number of hydrogen-bond donors (Lipinski definition) is 0. The fourth-order valence-corrected chi connectivity index (χ4v) is 2.34. The predicted molar refractivity (Wildman–Crippen MR) is 76.9 cm³/mol. The number of hydrogen-bond acceptors (Lipinski definition) is 2. The van der Waals surface area contributed by atoms with E-state index in [9.17, 15) is 13.2 Å². The minimum atomic E-state index is -4.37. The van der Waals surface area contributed by atoms with E-state index in [1.54, 1.807) is 13.3 Å². The van der Waals surface area contributed by atoms with Gasteiger partial charge in [-0.2, -0.15) is 13.2 Å². The van der Waals surface area contributed by atoms with Crippen LogP contribution in [0.15, 0.2) is 42.7 Å². The van der Waals surface area contributed by atoms with Crippen molar-refractivity contribution in [3.63, 3.8) is 0 Å². The monoisotopic (exact) mass is 306 g/mol. The number of aromatic nitrogens is 2. The Kier molecular flexibility index (Phi) is 3.31. The molecule has 0 saturated heterocycles. The Morgan fingerprint density at radius 1 is 1.09 bits per heavy atom. The molecule has 1 aromatic carbocycles. The highest BCUT2D eigenvalue weighted by Gasteiger charge is 2.30.